The number of benzene rings is 1. The first kappa shape index (κ1) is 8.73. The van der Waals surface area contributed by atoms with Gasteiger partial charge < -0.3 is 0 Å². The van der Waals surface area contributed by atoms with Crippen LogP contribution in [0.5, 0.6) is 0 Å². The van der Waals surface area contributed by atoms with Crippen LogP contribution in [0.2, 0.25) is 0 Å². The van der Waals surface area contributed by atoms with Crippen molar-refractivity contribution in [2.24, 2.45) is 0 Å². The van der Waals surface area contributed by atoms with Crippen LogP contribution in [0.25, 0.3) is 0 Å². The summed E-state index contributed by atoms with van der Waals surface area (Å²) >= 11 is 0. The smallest absolute Gasteiger partial charge is 0.106 e. The lowest BCUT2D eigenvalue weighted by Gasteiger charge is -2.12. The SMILES string of the molecule is C[C@@H]1C[C@H](c2ccccc2)ON1C. The summed E-state index contributed by atoms with van der Waals surface area (Å²) in [4.78, 5) is 5.69. The van der Waals surface area contributed by atoms with Crippen molar-refractivity contribution in [3.05, 3.63) is 35.9 Å². The van der Waals surface area contributed by atoms with Crippen molar-refractivity contribution >= 4 is 0 Å². The van der Waals surface area contributed by atoms with Gasteiger partial charge in [-0.05, 0) is 18.9 Å². The summed E-state index contributed by atoms with van der Waals surface area (Å²) in [5.74, 6) is 0. The van der Waals surface area contributed by atoms with Crippen LogP contribution in [0.3, 0.4) is 0 Å². The van der Waals surface area contributed by atoms with Crippen LogP contribution in [0.15, 0.2) is 30.3 Å². The fourth-order valence-corrected chi connectivity index (χ4v) is 1.67. The summed E-state index contributed by atoms with van der Waals surface area (Å²) in [6.45, 7) is 2.18. The van der Waals surface area contributed by atoms with Crippen LogP contribution >= 0.6 is 0 Å². The zero-order chi connectivity index (χ0) is 9.26. The van der Waals surface area contributed by atoms with Gasteiger partial charge >= 0.3 is 0 Å². The van der Waals surface area contributed by atoms with Gasteiger partial charge in [-0.15, -0.1) is 0 Å². The van der Waals surface area contributed by atoms with Gasteiger partial charge in [0.1, 0.15) is 6.10 Å². The Labute approximate surface area is 79.1 Å². The van der Waals surface area contributed by atoms with E-state index < -0.39 is 0 Å². The summed E-state index contributed by atoms with van der Waals surface area (Å²) in [5, 5.41) is 1.94. The molecule has 1 aliphatic rings. The molecular weight excluding hydrogens is 162 g/mol. The Balaban J connectivity index is 2.12. The first-order valence-corrected chi connectivity index (χ1v) is 4.72. The average Bonchev–Trinajstić information content (AvgIpc) is 2.49. The Morgan fingerprint density at radius 3 is 2.54 bits per heavy atom. The number of nitrogens with zero attached hydrogens (tertiary/aromatic N) is 1. The lowest BCUT2D eigenvalue weighted by molar-refractivity contribution is -0.142. The van der Waals surface area contributed by atoms with E-state index in [9.17, 15) is 0 Å². The summed E-state index contributed by atoms with van der Waals surface area (Å²) in [7, 11) is 1.99. The van der Waals surface area contributed by atoms with Crippen LogP contribution in [-0.4, -0.2) is 18.2 Å². The molecular formula is C11H15NO. The normalized spacial score (nSPS) is 29.4. The van der Waals surface area contributed by atoms with Crippen molar-refractivity contribution in [1.29, 1.82) is 0 Å². The van der Waals surface area contributed by atoms with E-state index in [1.54, 1.807) is 0 Å². The second-order valence-electron chi connectivity index (χ2n) is 3.64. The van der Waals surface area contributed by atoms with Gasteiger partial charge in [0.25, 0.3) is 0 Å². The minimum atomic E-state index is 0.251. The monoisotopic (exact) mass is 177 g/mol. The largest absolute Gasteiger partial charge is 0.291 e. The van der Waals surface area contributed by atoms with E-state index in [1.165, 1.54) is 5.56 Å². The molecule has 1 aliphatic heterocycles. The summed E-state index contributed by atoms with van der Waals surface area (Å²) < 4.78 is 0. The molecule has 0 radical (unpaired) electrons. The third-order valence-electron chi connectivity index (χ3n) is 2.64. The maximum absolute atomic E-state index is 5.69. The van der Waals surface area contributed by atoms with E-state index in [0.717, 1.165) is 6.42 Å². The molecule has 2 atom stereocenters. The van der Waals surface area contributed by atoms with E-state index in [1.807, 2.05) is 18.2 Å². The molecule has 2 nitrogen and oxygen atoms in total. The molecule has 1 aromatic carbocycles. The molecule has 13 heavy (non-hydrogen) atoms. The summed E-state index contributed by atoms with van der Waals surface area (Å²) in [6.07, 6.45) is 1.33. The number of rotatable bonds is 1. The minimum Gasteiger partial charge on any atom is -0.291 e. The quantitative estimate of drug-likeness (QED) is 0.653. The van der Waals surface area contributed by atoms with Crippen LogP contribution in [0, 0.1) is 0 Å². The highest BCUT2D eigenvalue weighted by molar-refractivity contribution is 5.18. The molecule has 0 amide bonds. The standard InChI is InChI=1S/C11H15NO/c1-9-8-11(13-12(9)2)10-6-4-3-5-7-10/h3-7,9,11H,8H2,1-2H3/t9-,11-/m1/s1. The highest BCUT2D eigenvalue weighted by Gasteiger charge is 2.28. The van der Waals surface area contributed by atoms with E-state index in [2.05, 4.69) is 31.2 Å². The fourth-order valence-electron chi connectivity index (χ4n) is 1.67. The lowest BCUT2D eigenvalue weighted by atomic mass is 10.0. The van der Waals surface area contributed by atoms with Gasteiger partial charge in [0.2, 0.25) is 0 Å². The Hall–Kier alpha value is -0.860. The molecule has 0 bridgehead atoms. The highest BCUT2D eigenvalue weighted by atomic mass is 16.7. The van der Waals surface area contributed by atoms with E-state index >= 15 is 0 Å². The topological polar surface area (TPSA) is 12.5 Å². The summed E-state index contributed by atoms with van der Waals surface area (Å²) in [6, 6.07) is 10.9. The average molecular weight is 177 g/mol. The third-order valence-corrected chi connectivity index (χ3v) is 2.64. The predicted molar refractivity (Wildman–Crippen MR) is 52.1 cm³/mol. The molecule has 1 aromatic rings. The summed E-state index contributed by atoms with van der Waals surface area (Å²) in [5.41, 5.74) is 1.28. The number of hydrogen-bond acceptors (Lipinski definition) is 2. The molecule has 0 aromatic heterocycles. The van der Waals surface area contributed by atoms with Crippen LogP contribution < -0.4 is 0 Å². The molecule has 0 unspecified atom stereocenters. The first-order valence-electron chi connectivity index (χ1n) is 4.72. The molecule has 2 heteroatoms. The lowest BCUT2D eigenvalue weighted by Crippen LogP contribution is -2.19. The predicted octanol–water partition coefficient (Wildman–Crippen LogP) is 2.38. The number of hydrogen-bond donors (Lipinski definition) is 0. The van der Waals surface area contributed by atoms with Gasteiger partial charge in [-0.2, -0.15) is 5.06 Å². The van der Waals surface area contributed by atoms with Gasteiger partial charge in [-0.25, -0.2) is 0 Å². The van der Waals surface area contributed by atoms with Crippen molar-refractivity contribution in [2.75, 3.05) is 7.05 Å². The van der Waals surface area contributed by atoms with E-state index in [-0.39, 0.29) is 6.10 Å². The number of hydroxylamine groups is 2. The van der Waals surface area contributed by atoms with Crippen molar-refractivity contribution < 1.29 is 4.84 Å². The van der Waals surface area contributed by atoms with Crippen LogP contribution in [0.1, 0.15) is 25.0 Å². The van der Waals surface area contributed by atoms with Crippen molar-refractivity contribution in [3.8, 4) is 0 Å². The van der Waals surface area contributed by atoms with E-state index in [0.29, 0.717) is 6.04 Å². The third kappa shape index (κ3) is 1.74. The zero-order valence-electron chi connectivity index (χ0n) is 8.10. The Morgan fingerprint density at radius 2 is 2.00 bits per heavy atom. The molecule has 0 aliphatic carbocycles. The molecule has 0 saturated carbocycles. The highest BCUT2D eigenvalue weighted by Crippen LogP contribution is 2.31. The van der Waals surface area contributed by atoms with Gasteiger partial charge in [-0.1, -0.05) is 30.3 Å². The van der Waals surface area contributed by atoms with Crippen LogP contribution in [-0.2, 0) is 4.84 Å². The maximum atomic E-state index is 5.69. The Bertz CT molecular complexity index is 263. The molecule has 70 valence electrons. The van der Waals surface area contributed by atoms with Gasteiger partial charge in [0.15, 0.2) is 0 Å². The molecule has 1 heterocycles. The van der Waals surface area contributed by atoms with E-state index in [4.69, 9.17) is 4.84 Å². The van der Waals surface area contributed by atoms with Crippen molar-refractivity contribution in [3.63, 3.8) is 0 Å². The molecule has 2 rings (SSSR count). The maximum Gasteiger partial charge on any atom is 0.106 e. The van der Waals surface area contributed by atoms with Crippen LogP contribution in [0.4, 0.5) is 0 Å². The molecule has 0 N–H and O–H groups in total. The second kappa shape index (κ2) is 3.48. The van der Waals surface area contributed by atoms with Gasteiger partial charge in [-0.3, -0.25) is 4.84 Å². The molecule has 1 fully saturated rings. The fraction of sp³-hybridized carbons (Fsp3) is 0.455. The molecule has 0 spiro atoms. The second-order valence-corrected chi connectivity index (χ2v) is 3.64. The zero-order valence-corrected chi connectivity index (χ0v) is 8.10. The van der Waals surface area contributed by atoms with Gasteiger partial charge in [0, 0.05) is 13.1 Å². The van der Waals surface area contributed by atoms with Crippen molar-refractivity contribution in [2.45, 2.75) is 25.5 Å². The van der Waals surface area contributed by atoms with Crippen molar-refractivity contribution in [1.82, 2.24) is 5.06 Å². The molecule has 1 saturated heterocycles. The van der Waals surface area contributed by atoms with Gasteiger partial charge in [0.05, 0.1) is 0 Å². The first-order chi connectivity index (χ1) is 6.27. The Kier molecular flexibility index (Phi) is 2.34. The Morgan fingerprint density at radius 1 is 1.31 bits per heavy atom. The minimum absolute atomic E-state index is 0.251.